The van der Waals surface area contributed by atoms with Crippen molar-refractivity contribution in [2.24, 2.45) is 4.99 Å². The molecule has 0 spiro atoms. The smallest absolute Gasteiger partial charge is 0.302 e. The number of hydrogen-bond donors (Lipinski definition) is 3. The molecule has 0 amide bonds. The number of fused-ring (bicyclic) bond motifs is 1. The van der Waals surface area contributed by atoms with Gasteiger partial charge in [0.25, 0.3) is 0 Å². The number of para-hydroxylation sites is 2. The van der Waals surface area contributed by atoms with Crippen molar-refractivity contribution in [2.45, 2.75) is 38.1 Å². The Hall–Kier alpha value is -2.08. The molecule has 1 aromatic carbocycles. The van der Waals surface area contributed by atoms with Gasteiger partial charge in [-0.1, -0.05) is 18.6 Å². The van der Waals surface area contributed by atoms with Crippen LogP contribution in [-0.4, -0.2) is 30.3 Å². The van der Waals surface area contributed by atoms with Crippen LogP contribution in [0.3, 0.4) is 0 Å². The van der Waals surface area contributed by atoms with Gasteiger partial charge < -0.3 is 9.73 Å². The summed E-state index contributed by atoms with van der Waals surface area (Å²) in [6.07, 6.45) is 6.80. The third kappa shape index (κ3) is 2.78. The molecule has 2 aromatic rings. The van der Waals surface area contributed by atoms with Gasteiger partial charge in [-0.05, 0) is 37.8 Å². The quantitative estimate of drug-likeness (QED) is 0.783. The van der Waals surface area contributed by atoms with Gasteiger partial charge in [0.15, 0.2) is 18.9 Å². The van der Waals surface area contributed by atoms with E-state index in [1.807, 2.05) is 24.3 Å². The molecule has 0 radical (unpaired) electrons. The molecule has 6 heteroatoms. The summed E-state index contributed by atoms with van der Waals surface area (Å²) in [5.74, 6) is 0.756. The number of quaternary nitrogens is 1. The number of nitrogens with zero attached hydrogens (tertiary/aromatic N) is 2. The third-order valence-electron chi connectivity index (χ3n) is 4.62. The Morgan fingerprint density at radius 3 is 2.82 bits per heavy atom. The fraction of sp³-hybridized carbons (Fsp3) is 0.500. The minimum absolute atomic E-state index is 0.494. The summed E-state index contributed by atoms with van der Waals surface area (Å²) < 4.78 is 5.66. The van der Waals surface area contributed by atoms with Gasteiger partial charge in [0.1, 0.15) is 5.52 Å². The van der Waals surface area contributed by atoms with Crippen molar-refractivity contribution < 1.29 is 9.32 Å². The molecular weight excluding hydrogens is 278 g/mol. The summed E-state index contributed by atoms with van der Waals surface area (Å²) in [6, 6.07) is 9.01. The normalized spacial score (nSPS) is 23.1. The van der Waals surface area contributed by atoms with Crippen LogP contribution in [-0.2, 0) is 0 Å². The van der Waals surface area contributed by atoms with E-state index in [0.717, 1.165) is 36.4 Å². The molecule has 0 saturated heterocycles. The topological polar surface area (TPSA) is 66.9 Å². The van der Waals surface area contributed by atoms with E-state index in [1.165, 1.54) is 32.1 Å². The summed E-state index contributed by atoms with van der Waals surface area (Å²) in [7, 11) is 0. The lowest BCUT2D eigenvalue weighted by Crippen LogP contribution is -3.18. The van der Waals surface area contributed by atoms with E-state index in [0.29, 0.717) is 6.01 Å². The maximum atomic E-state index is 5.66. The van der Waals surface area contributed by atoms with E-state index in [9.17, 15) is 0 Å². The van der Waals surface area contributed by atoms with Gasteiger partial charge in [-0.15, -0.1) is 0 Å². The number of anilines is 1. The highest BCUT2D eigenvalue weighted by atomic mass is 16.4. The number of aromatic nitrogens is 1. The molecule has 1 atom stereocenters. The van der Waals surface area contributed by atoms with E-state index >= 15 is 0 Å². The Bertz CT molecular complexity index is 641. The number of aliphatic imine (C=N–C) groups is 1. The maximum Gasteiger partial charge on any atom is 0.302 e. The number of guanidine groups is 1. The summed E-state index contributed by atoms with van der Waals surface area (Å²) >= 11 is 0. The number of rotatable bonds is 2. The Balaban J connectivity index is 1.40. The molecule has 116 valence electrons. The zero-order valence-electron chi connectivity index (χ0n) is 12.6. The van der Waals surface area contributed by atoms with Crippen molar-refractivity contribution in [1.82, 2.24) is 10.3 Å². The standard InChI is InChI=1S/C16H21N5O/c1-2-6-12(7-3-1)21-10-17-15(18-11-21)20-16-19-13-8-4-5-9-14(13)22-16/h4-5,8-9,12H,1-3,6-7,10-11H2,(H2,17,18,19,20)/p+1. The third-order valence-corrected chi connectivity index (χ3v) is 4.62. The van der Waals surface area contributed by atoms with Gasteiger partial charge in [0, 0.05) is 0 Å². The average molecular weight is 300 g/mol. The van der Waals surface area contributed by atoms with Crippen molar-refractivity contribution in [3.8, 4) is 0 Å². The predicted octanol–water partition coefficient (Wildman–Crippen LogP) is 1.33. The molecule has 1 aliphatic heterocycles. The summed E-state index contributed by atoms with van der Waals surface area (Å²) in [6.45, 7) is 1.73. The summed E-state index contributed by atoms with van der Waals surface area (Å²) in [4.78, 5) is 10.6. The highest BCUT2D eigenvalue weighted by molar-refractivity contribution is 5.92. The highest BCUT2D eigenvalue weighted by Gasteiger charge is 2.26. The van der Waals surface area contributed by atoms with Crippen LogP contribution in [0.25, 0.3) is 11.1 Å². The lowest BCUT2D eigenvalue weighted by molar-refractivity contribution is -0.929. The molecule has 4 rings (SSSR count). The van der Waals surface area contributed by atoms with Crippen LogP contribution in [0.2, 0.25) is 0 Å². The van der Waals surface area contributed by atoms with Gasteiger partial charge in [0.2, 0.25) is 5.96 Å². The van der Waals surface area contributed by atoms with Crippen molar-refractivity contribution in [1.29, 1.82) is 0 Å². The summed E-state index contributed by atoms with van der Waals surface area (Å²) in [5, 5.41) is 6.50. The van der Waals surface area contributed by atoms with Gasteiger partial charge in [-0.3, -0.25) is 10.2 Å². The average Bonchev–Trinajstić information content (AvgIpc) is 2.98. The van der Waals surface area contributed by atoms with Crippen LogP contribution in [0.4, 0.5) is 6.01 Å². The van der Waals surface area contributed by atoms with Crippen LogP contribution in [0, 0.1) is 0 Å². The molecule has 1 saturated carbocycles. The van der Waals surface area contributed by atoms with Crippen LogP contribution in [0.5, 0.6) is 0 Å². The fourth-order valence-electron chi connectivity index (χ4n) is 3.38. The monoisotopic (exact) mass is 300 g/mol. The minimum Gasteiger partial charge on any atom is -0.423 e. The van der Waals surface area contributed by atoms with E-state index in [4.69, 9.17) is 4.42 Å². The zero-order valence-corrected chi connectivity index (χ0v) is 12.6. The first-order valence-corrected chi connectivity index (χ1v) is 8.14. The van der Waals surface area contributed by atoms with Crippen LogP contribution < -0.4 is 15.5 Å². The number of nitrogens with one attached hydrogen (secondary N) is 3. The van der Waals surface area contributed by atoms with Crippen LogP contribution in [0.1, 0.15) is 32.1 Å². The SMILES string of the molecule is c1ccc2oc(NC3=NC[NH+](C4CCCCC4)CN3)nc2c1. The fourth-order valence-corrected chi connectivity index (χ4v) is 3.38. The molecule has 0 bridgehead atoms. The van der Waals surface area contributed by atoms with E-state index < -0.39 is 0 Å². The molecule has 1 unspecified atom stereocenters. The van der Waals surface area contributed by atoms with Crippen molar-refractivity contribution >= 4 is 23.1 Å². The Kier molecular flexibility index (Phi) is 3.68. The number of benzene rings is 1. The molecule has 1 fully saturated rings. The van der Waals surface area contributed by atoms with Gasteiger partial charge in [-0.2, -0.15) is 9.98 Å². The molecule has 2 heterocycles. The maximum absolute atomic E-state index is 5.66. The molecule has 2 aliphatic rings. The largest absolute Gasteiger partial charge is 0.423 e. The lowest BCUT2D eigenvalue weighted by atomic mass is 9.94. The van der Waals surface area contributed by atoms with Gasteiger partial charge >= 0.3 is 6.01 Å². The molecular formula is C16H22N5O+. The lowest BCUT2D eigenvalue weighted by Gasteiger charge is -2.32. The molecule has 1 aliphatic carbocycles. The number of oxazole rings is 1. The van der Waals surface area contributed by atoms with E-state index in [2.05, 4.69) is 20.6 Å². The Labute approximate surface area is 129 Å². The predicted molar refractivity (Wildman–Crippen MR) is 85.8 cm³/mol. The molecule has 1 aromatic heterocycles. The molecule has 6 nitrogen and oxygen atoms in total. The summed E-state index contributed by atoms with van der Waals surface area (Å²) in [5.41, 5.74) is 1.65. The molecule has 3 N–H and O–H groups in total. The second-order valence-corrected chi connectivity index (χ2v) is 6.12. The molecule has 22 heavy (non-hydrogen) atoms. The number of hydrogen-bond acceptors (Lipinski definition) is 5. The van der Waals surface area contributed by atoms with Crippen molar-refractivity contribution in [3.63, 3.8) is 0 Å². The van der Waals surface area contributed by atoms with Crippen LogP contribution >= 0.6 is 0 Å². The van der Waals surface area contributed by atoms with Crippen molar-refractivity contribution in [3.05, 3.63) is 24.3 Å². The minimum atomic E-state index is 0.494. The second-order valence-electron chi connectivity index (χ2n) is 6.12. The second kappa shape index (κ2) is 5.96. The van der Waals surface area contributed by atoms with Crippen LogP contribution in [0.15, 0.2) is 33.7 Å². The van der Waals surface area contributed by atoms with Crippen molar-refractivity contribution in [2.75, 3.05) is 18.7 Å². The Morgan fingerprint density at radius 1 is 1.18 bits per heavy atom. The Morgan fingerprint density at radius 2 is 2.05 bits per heavy atom. The first-order valence-electron chi connectivity index (χ1n) is 8.14. The zero-order chi connectivity index (χ0) is 14.8. The first kappa shape index (κ1) is 13.6. The van der Waals surface area contributed by atoms with Gasteiger partial charge in [-0.25, -0.2) is 0 Å². The van der Waals surface area contributed by atoms with Gasteiger partial charge in [0.05, 0.1) is 6.04 Å². The van der Waals surface area contributed by atoms with E-state index in [1.54, 1.807) is 4.90 Å². The first-order chi connectivity index (χ1) is 10.9. The van der Waals surface area contributed by atoms with E-state index in [-0.39, 0.29) is 0 Å². The highest BCUT2D eigenvalue weighted by Crippen LogP contribution is 2.18.